The molecule has 0 radical (unpaired) electrons. The summed E-state index contributed by atoms with van der Waals surface area (Å²) in [6.07, 6.45) is 3.92. The molecule has 2 heterocycles. The highest BCUT2D eigenvalue weighted by Gasteiger charge is 2.18. The number of aromatic nitrogens is 3. The lowest BCUT2D eigenvalue weighted by Crippen LogP contribution is -2.05. The SMILES string of the molecule is CNC(=C1CC1)c1ccc(-c2cc(OC)c(Nc3ncc(Cl)c(Nc4cc(C)cc(C)n4)n3)cc2C)cc1. The Kier molecular flexibility index (Phi) is 7.20. The lowest BCUT2D eigenvalue weighted by Gasteiger charge is -2.16. The van der Waals surface area contributed by atoms with Crippen molar-refractivity contribution >= 4 is 40.6 Å². The van der Waals surface area contributed by atoms with Gasteiger partial charge in [-0.25, -0.2) is 9.97 Å². The third-order valence-corrected chi connectivity index (χ3v) is 6.75. The van der Waals surface area contributed by atoms with Crippen molar-refractivity contribution in [1.29, 1.82) is 0 Å². The van der Waals surface area contributed by atoms with Crippen LogP contribution >= 0.6 is 11.6 Å². The van der Waals surface area contributed by atoms with E-state index in [2.05, 4.69) is 62.1 Å². The van der Waals surface area contributed by atoms with Crippen LogP contribution < -0.4 is 20.7 Å². The lowest BCUT2D eigenvalue weighted by molar-refractivity contribution is 0.417. The maximum absolute atomic E-state index is 6.39. The fraction of sp³-hybridized carbons (Fsp3) is 0.233. The van der Waals surface area contributed by atoms with Crippen LogP contribution in [0.5, 0.6) is 5.75 Å². The molecule has 3 N–H and O–H groups in total. The molecule has 0 atom stereocenters. The molecule has 0 unspecified atom stereocenters. The van der Waals surface area contributed by atoms with Crippen LogP contribution in [0.25, 0.3) is 16.8 Å². The first kappa shape index (κ1) is 25.5. The van der Waals surface area contributed by atoms with Crippen LogP contribution in [0.4, 0.5) is 23.3 Å². The summed E-state index contributed by atoms with van der Waals surface area (Å²) < 4.78 is 5.74. The van der Waals surface area contributed by atoms with Crippen molar-refractivity contribution in [1.82, 2.24) is 20.3 Å². The molecule has 38 heavy (non-hydrogen) atoms. The van der Waals surface area contributed by atoms with Gasteiger partial charge in [-0.05, 0) is 91.3 Å². The highest BCUT2D eigenvalue weighted by molar-refractivity contribution is 6.32. The summed E-state index contributed by atoms with van der Waals surface area (Å²) in [6.45, 7) is 6.05. The van der Waals surface area contributed by atoms with Crippen molar-refractivity contribution in [2.75, 3.05) is 24.8 Å². The van der Waals surface area contributed by atoms with Gasteiger partial charge in [0.15, 0.2) is 5.82 Å². The fourth-order valence-electron chi connectivity index (χ4n) is 4.58. The average Bonchev–Trinajstić information content (AvgIpc) is 3.72. The van der Waals surface area contributed by atoms with E-state index in [0.29, 0.717) is 28.4 Å². The molecule has 2 aromatic heterocycles. The molecule has 1 saturated carbocycles. The van der Waals surface area contributed by atoms with E-state index in [1.807, 2.05) is 45.2 Å². The van der Waals surface area contributed by atoms with Crippen LogP contribution in [0.1, 0.15) is 35.2 Å². The summed E-state index contributed by atoms with van der Waals surface area (Å²) in [6, 6.07) is 16.7. The highest BCUT2D eigenvalue weighted by atomic mass is 35.5. The molecule has 1 aliphatic rings. The van der Waals surface area contributed by atoms with E-state index >= 15 is 0 Å². The zero-order valence-electron chi connectivity index (χ0n) is 22.2. The van der Waals surface area contributed by atoms with Gasteiger partial charge in [0, 0.05) is 18.4 Å². The molecule has 1 aliphatic carbocycles. The van der Waals surface area contributed by atoms with Crippen LogP contribution in [0, 0.1) is 20.8 Å². The lowest BCUT2D eigenvalue weighted by atomic mass is 9.97. The number of rotatable bonds is 8. The van der Waals surface area contributed by atoms with Gasteiger partial charge in [0.2, 0.25) is 5.95 Å². The number of nitrogens with one attached hydrogen (secondary N) is 3. The number of aryl methyl sites for hydroxylation is 3. The van der Waals surface area contributed by atoms with Crippen LogP contribution in [-0.4, -0.2) is 29.1 Å². The monoisotopic (exact) mass is 526 g/mol. The normalized spacial score (nSPS) is 12.2. The standard InChI is InChI=1S/C30H31ClN6O/c1-17-12-19(3)34-27(13-17)36-29-24(31)16-33-30(37-29)35-25-14-18(2)23(15-26(25)38-5)20-6-8-21(9-7-20)28(32-4)22-10-11-22/h6-9,12-16,32H,10-11H2,1-5H3,(H2,33,34,35,36,37). The molecule has 194 valence electrons. The molecule has 2 aromatic carbocycles. The summed E-state index contributed by atoms with van der Waals surface area (Å²) >= 11 is 6.39. The van der Waals surface area contributed by atoms with Gasteiger partial charge in [-0.2, -0.15) is 4.98 Å². The van der Waals surface area contributed by atoms with E-state index in [4.69, 9.17) is 16.3 Å². The number of hydrogen-bond donors (Lipinski definition) is 3. The molecule has 8 heteroatoms. The van der Waals surface area contributed by atoms with Gasteiger partial charge in [-0.3, -0.25) is 0 Å². The van der Waals surface area contributed by atoms with Gasteiger partial charge in [0.05, 0.1) is 19.0 Å². The molecule has 4 aromatic rings. The van der Waals surface area contributed by atoms with Gasteiger partial charge in [-0.1, -0.05) is 35.9 Å². The smallest absolute Gasteiger partial charge is 0.229 e. The third kappa shape index (κ3) is 5.58. The van der Waals surface area contributed by atoms with E-state index in [1.54, 1.807) is 13.3 Å². The van der Waals surface area contributed by atoms with Crippen LogP contribution in [0.2, 0.25) is 5.02 Å². The number of ether oxygens (including phenoxy) is 1. The number of hydrogen-bond acceptors (Lipinski definition) is 7. The number of halogens is 1. The van der Waals surface area contributed by atoms with Crippen molar-refractivity contribution in [3.63, 3.8) is 0 Å². The Hall–Kier alpha value is -4.10. The van der Waals surface area contributed by atoms with E-state index in [1.165, 1.54) is 29.7 Å². The van der Waals surface area contributed by atoms with Crippen molar-refractivity contribution in [3.8, 4) is 16.9 Å². The predicted octanol–water partition coefficient (Wildman–Crippen LogP) is 7.34. The summed E-state index contributed by atoms with van der Waals surface area (Å²) in [5.74, 6) is 2.22. The van der Waals surface area contributed by atoms with Gasteiger partial charge >= 0.3 is 0 Å². The second kappa shape index (κ2) is 10.7. The summed E-state index contributed by atoms with van der Waals surface area (Å²) in [7, 11) is 3.64. The molecular formula is C30H31ClN6O. The maximum atomic E-state index is 6.39. The van der Waals surface area contributed by atoms with E-state index in [0.717, 1.165) is 33.6 Å². The average molecular weight is 527 g/mol. The molecule has 1 fully saturated rings. The molecule has 7 nitrogen and oxygen atoms in total. The Labute approximate surface area is 228 Å². The minimum Gasteiger partial charge on any atom is -0.495 e. The number of benzene rings is 2. The Morgan fingerprint density at radius 3 is 2.37 bits per heavy atom. The first-order chi connectivity index (χ1) is 18.3. The molecule has 0 bridgehead atoms. The first-order valence-corrected chi connectivity index (χ1v) is 12.9. The van der Waals surface area contributed by atoms with Gasteiger partial charge in [0.25, 0.3) is 0 Å². The Balaban J connectivity index is 1.40. The van der Waals surface area contributed by atoms with Crippen LogP contribution in [0.3, 0.4) is 0 Å². The van der Waals surface area contributed by atoms with E-state index in [-0.39, 0.29) is 0 Å². The predicted molar refractivity (Wildman–Crippen MR) is 156 cm³/mol. The number of anilines is 4. The second-order valence-electron chi connectivity index (χ2n) is 9.48. The minimum absolute atomic E-state index is 0.392. The fourth-order valence-corrected chi connectivity index (χ4v) is 4.72. The highest BCUT2D eigenvalue weighted by Crippen LogP contribution is 2.38. The number of nitrogens with zero attached hydrogens (tertiary/aromatic N) is 3. The Morgan fingerprint density at radius 2 is 1.71 bits per heavy atom. The first-order valence-electron chi connectivity index (χ1n) is 12.6. The molecule has 0 saturated heterocycles. The molecule has 5 rings (SSSR count). The summed E-state index contributed by atoms with van der Waals surface area (Å²) in [5, 5.41) is 10.2. The minimum atomic E-state index is 0.392. The van der Waals surface area contributed by atoms with Gasteiger partial charge in [0.1, 0.15) is 16.6 Å². The number of pyridine rings is 1. The summed E-state index contributed by atoms with van der Waals surface area (Å²) in [4.78, 5) is 13.5. The molecule has 0 aliphatic heterocycles. The Bertz CT molecular complexity index is 1500. The summed E-state index contributed by atoms with van der Waals surface area (Å²) in [5.41, 5.74) is 10.0. The van der Waals surface area contributed by atoms with Gasteiger partial charge < -0.3 is 20.7 Å². The van der Waals surface area contributed by atoms with Crippen LogP contribution in [0.15, 0.2) is 60.3 Å². The topological polar surface area (TPSA) is 84.0 Å². The molecular weight excluding hydrogens is 496 g/mol. The quantitative estimate of drug-likeness (QED) is 0.221. The van der Waals surface area contributed by atoms with Crippen molar-refractivity contribution in [2.24, 2.45) is 0 Å². The number of methoxy groups -OCH3 is 1. The van der Waals surface area contributed by atoms with Gasteiger partial charge in [-0.15, -0.1) is 0 Å². The van der Waals surface area contributed by atoms with Crippen LogP contribution in [-0.2, 0) is 0 Å². The molecule has 0 amide bonds. The maximum Gasteiger partial charge on any atom is 0.229 e. The van der Waals surface area contributed by atoms with Crippen molar-refractivity contribution in [2.45, 2.75) is 33.6 Å². The third-order valence-electron chi connectivity index (χ3n) is 6.47. The molecule has 0 spiro atoms. The van der Waals surface area contributed by atoms with E-state index < -0.39 is 0 Å². The second-order valence-corrected chi connectivity index (χ2v) is 9.89. The zero-order valence-corrected chi connectivity index (χ0v) is 23.0. The Morgan fingerprint density at radius 1 is 0.947 bits per heavy atom. The van der Waals surface area contributed by atoms with E-state index in [9.17, 15) is 0 Å². The van der Waals surface area contributed by atoms with Crippen molar-refractivity contribution in [3.05, 3.63) is 87.7 Å². The number of allylic oxidation sites excluding steroid dienone is 1. The largest absolute Gasteiger partial charge is 0.495 e. The zero-order chi connectivity index (χ0) is 26.8. The van der Waals surface area contributed by atoms with Crippen molar-refractivity contribution < 1.29 is 4.74 Å².